The van der Waals surface area contributed by atoms with Crippen LogP contribution in [-0.4, -0.2) is 6.04 Å². The van der Waals surface area contributed by atoms with E-state index in [4.69, 9.17) is 17.3 Å². The molecule has 0 saturated heterocycles. The van der Waals surface area contributed by atoms with Gasteiger partial charge in [0.15, 0.2) is 0 Å². The van der Waals surface area contributed by atoms with Crippen LogP contribution in [0, 0.1) is 6.92 Å². The molecule has 1 heterocycles. The van der Waals surface area contributed by atoms with E-state index >= 15 is 0 Å². The maximum Gasteiger partial charge on any atom is 0.0931 e. The van der Waals surface area contributed by atoms with Crippen LogP contribution in [0.15, 0.2) is 41.3 Å². The van der Waals surface area contributed by atoms with Crippen LogP contribution in [0.3, 0.4) is 0 Å². The van der Waals surface area contributed by atoms with E-state index in [9.17, 15) is 0 Å². The van der Waals surface area contributed by atoms with Gasteiger partial charge >= 0.3 is 0 Å². The minimum atomic E-state index is 0.140. The molecule has 0 aliphatic carbocycles. The van der Waals surface area contributed by atoms with E-state index in [0.717, 1.165) is 10.8 Å². The Morgan fingerprint density at radius 2 is 1.89 bits per heavy atom. The molecule has 2 atom stereocenters. The standard InChI is InChI=1S/C15H18ClNS2/c1-3-12(17)15(13-8-9-14(16)19-13)18-11-6-4-10(2)5-7-11/h4-9,12,15H,3,17H2,1-2H3. The van der Waals surface area contributed by atoms with Crippen LogP contribution in [0.25, 0.3) is 0 Å². The SMILES string of the molecule is CCC(N)C(Sc1ccc(C)cc1)c1ccc(Cl)s1. The van der Waals surface area contributed by atoms with Crippen LogP contribution < -0.4 is 5.73 Å². The molecule has 0 amide bonds. The minimum Gasteiger partial charge on any atom is -0.326 e. The third-order valence-electron chi connectivity index (χ3n) is 3.02. The van der Waals surface area contributed by atoms with Gasteiger partial charge in [0.05, 0.1) is 9.59 Å². The van der Waals surface area contributed by atoms with E-state index in [2.05, 4.69) is 44.2 Å². The number of rotatable bonds is 5. The quantitative estimate of drug-likeness (QED) is 0.760. The summed E-state index contributed by atoms with van der Waals surface area (Å²) in [7, 11) is 0. The molecule has 0 radical (unpaired) electrons. The van der Waals surface area contributed by atoms with Crippen LogP contribution in [-0.2, 0) is 0 Å². The fourth-order valence-corrected chi connectivity index (χ4v) is 4.37. The number of hydrogen-bond donors (Lipinski definition) is 1. The van der Waals surface area contributed by atoms with Gasteiger partial charge in [-0.25, -0.2) is 0 Å². The third-order valence-corrected chi connectivity index (χ3v) is 5.88. The maximum absolute atomic E-state index is 6.28. The first-order chi connectivity index (χ1) is 9.10. The summed E-state index contributed by atoms with van der Waals surface area (Å²) in [4.78, 5) is 2.51. The van der Waals surface area contributed by atoms with Crippen molar-refractivity contribution >= 4 is 34.7 Å². The highest BCUT2D eigenvalue weighted by Gasteiger charge is 2.21. The normalized spacial score (nSPS) is 14.3. The minimum absolute atomic E-state index is 0.140. The Labute approximate surface area is 128 Å². The third kappa shape index (κ3) is 3.99. The van der Waals surface area contributed by atoms with E-state index in [1.165, 1.54) is 15.3 Å². The van der Waals surface area contributed by atoms with Crippen molar-refractivity contribution in [2.24, 2.45) is 5.73 Å². The lowest BCUT2D eigenvalue weighted by Crippen LogP contribution is -2.25. The number of nitrogens with two attached hydrogens (primary N) is 1. The molecular formula is C15H18ClNS2. The molecule has 0 aliphatic heterocycles. The van der Waals surface area contributed by atoms with Gasteiger partial charge in [-0.2, -0.15) is 0 Å². The molecule has 19 heavy (non-hydrogen) atoms. The molecule has 4 heteroatoms. The van der Waals surface area contributed by atoms with Crippen molar-refractivity contribution < 1.29 is 0 Å². The van der Waals surface area contributed by atoms with E-state index in [-0.39, 0.29) is 11.3 Å². The van der Waals surface area contributed by atoms with Crippen LogP contribution in [0.4, 0.5) is 0 Å². The molecule has 0 saturated carbocycles. The molecule has 1 aromatic carbocycles. The van der Waals surface area contributed by atoms with Crippen molar-refractivity contribution in [1.29, 1.82) is 0 Å². The summed E-state index contributed by atoms with van der Waals surface area (Å²) in [6.45, 7) is 4.23. The Bertz CT molecular complexity index is 521. The van der Waals surface area contributed by atoms with Gasteiger partial charge in [0.25, 0.3) is 0 Å². The van der Waals surface area contributed by atoms with Crippen LogP contribution >= 0.6 is 34.7 Å². The van der Waals surface area contributed by atoms with Crippen molar-refractivity contribution in [3.8, 4) is 0 Å². The highest BCUT2D eigenvalue weighted by Crippen LogP contribution is 2.41. The lowest BCUT2D eigenvalue weighted by atomic mass is 10.1. The average molecular weight is 312 g/mol. The van der Waals surface area contributed by atoms with Gasteiger partial charge in [0, 0.05) is 15.8 Å². The number of thioether (sulfide) groups is 1. The number of halogens is 1. The molecule has 0 aliphatic rings. The predicted octanol–water partition coefficient (Wildman–Crippen LogP) is 5.28. The molecule has 0 bridgehead atoms. The van der Waals surface area contributed by atoms with E-state index in [1.807, 2.05) is 17.8 Å². The van der Waals surface area contributed by atoms with Crippen LogP contribution in [0.1, 0.15) is 29.0 Å². The van der Waals surface area contributed by atoms with Gasteiger partial charge < -0.3 is 5.73 Å². The first-order valence-corrected chi connectivity index (χ1v) is 8.41. The van der Waals surface area contributed by atoms with Gasteiger partial charge in [-0.1, -0.05) is 36.2 Å². The molecule has 1 aromatic heterocycles. The lowest BCUT2D eigenvalue weighted by Gasteiger charge is -2.21. The molecule has 0 fully saturated rings. The second kappa shape index (κ2) is 6.80. The summed E-state index contributed by atoms with van der Waals surface area (Å²) in [6, 6.07) is 12.8. The number of thiophene rings is 1. The Balaban J connectivity index is 2.21. The Morgan fingerprint density at radius 1 is 1.21 bits per heavy atom. The molecule has 2 aromatic rings. The van der Waals surface area contributed by atoms with Crippen molar-refractivity contribution in [1.82, 2.24) is 0 Å². The average Bonchev–Trinajstić information content (AvgIpc) is 2.83. The zero-order valence-corrected chi connectivity index (χ0v) is 13.5. The van der Waals surface area contributed by atoms with E-state index in [1.54, 1.807) is 11.3 Å². The summed E-state index contributed by atoms with van der Waals surface area (Å²) in [5.74, 6) is 0. The summed E-state index contributed by atoms with van der Waals surface area (Å²) < 4.78 is 0.827. The Kier molecular flexibility index (Phi) is 5.34. The van der Waals surface area contributed by atoms with Gasteiger partial charge in [-0.05, 0) is 37.6 Å². The number of benzene rings is 1. The highest BCUT2D eigenvalue weighted by molar-refractivity contribution is 7.99. The lowest BCUT2D eigenvalue weighted by molar-refractivity contribution is 0.640. The molecule has 2 rings (SSSR count). The summed E-state index contributed by atoms with van der Waals surface area (Å²) in [5.41, 5.74) is 7.56. The summed E-state index contributed by atoms with van der Waals surface area (Å²) in [5, 5.41) is 0.269. The number of hydrogen-bond acceptors (Lipinski definition) is 3. The molecule has 2 unspecified atom stereocenters. The van der Waals surface area contributed by atoms with E-state index < -0.39 is 0 Å². The highest BCUT2D eigenvalue weighted by atomic mass is 35.5. The molecule has 1 nitrogen and oxygen atoms in total. The zero-order chi connectivity index (χ0) is 13.8. The fraction of sp³-hybridized carbons (Fsp3) is 0.333. The van der Waals surface area contributed by atoms with Crippen molar-refractivity contribution in [3.63, 3.8) is 0 Å². The zero-order valence-electron chi connectivity index (χ0n) is 11.1. The summed E-state index contributed by atoms with van der Waals surface area (Å²) >= 11 is 9.49. The van der Waals surface area contributed by atoms with Crippen molar-refractivity contribution in [2.45, 2.75) is 36.5 Å². The van der Waals surface area contributed by atoms with Gasteiger partial charge in [-0.3, -0.25) is 0 Å². The molecule has 102 valence electrons. The summed E-state index contributed by atoms with van der Waals surface area (Å²) in [6.07, 6.45) is 0.957. The second-order valence-corrected chi connectivity index (χ2v) is 7.53. The maximum atomic E-state index is 6.28. The van der Waals surface area contributed by atoms with Crippen molar-refractivity contribution in [3.05, 3.63) is 51.2 Å². The Morgan fingerprint density at radius 3 is 2.42 bits per heavy atom. The molecule has 2 N–H and O–H groups in total. The van der Waals surface area contributed by atoms with Crippen LogP contribution in [0.2, 0.25) is 4.34 Å². The smallest absolute Gasteiger partial charge is 0.0931 e. The fourth-order valence-electron chi connectivity index (χ4n) is 1.82. The number of aryl methyl sites for hydroxylation is 1. The topological polar surface area (TPSA) is 26.0 Å². The van der Waals surface area contributed by atoms with Gasteiger partial charge in [0.1, 0.15) is 0 Å². The van der Waals surface area contributed by atoms with Crippen LogP contribution in [0.5, 0.6) is 0 Å². The molecular weight excluding hydrogens is 294 g/mol. The van der Waals surface area contributed by atoms with Gasteiger partial charge in [0.2, 0.25) is 0 Å². The first kappa shape index (κ1) is 14.9. The van der Waals surface area contributed by atoms with E-state index in [0.29, 0.717) is 0 Å². The Hall–Kier alpha value is -0.480. The first-order valence-electron chi connectivity index (χ1n) is 6.34. The van der Waals surface area contributed by atoms with Crippen molar-refractivity contribution in [2.75, 3.05) is 0 Å². The monoisotopic (exact) mass is 311 g/mol. The predicted molar refractivity (Wildman–Crippen MR) is 87.4 cm³/mol. The largest absolute Gasteiger partial charge is 0.326 e. The second-order valence-electron chi connectivity index (χ2n) is 4.57. The van der Waals surface area contributed by atoms with Gasteiger partial charge in [-0.15, -0.1) is 23.1 Å². The molecule has 0 spiro atoms.